The number of fused-ring (bicyclic) bond motifs is 5. The number of nitrogens with two attached hydrogens (primary N) is 1. The number of azide groups is 1. The number of nitrogens with one attached hydrogen (secondary N) is 4. The van der Waals surface area contributed by atoms with Gasteiger partial charge in [0, 0.05) is 47.0 Å². The number of alkyl carbamates (subject to hydrolysis) is 1. The Morgan fingerprint density at radius 1 is 0.742 bits per heavy atom. The minimum atomic E-state index is -1.02. The Labute approximate surface area is 563 Å². The molecule has 0 bridgehead atoms. The molecule has 1 unspecified atom stereocenters. The van der Waals surface area contributed by atoms with Crippen LogP contribution >= 0.6 is 0 Å². The largest absolute Gasteiger partial charge is 0.460 e. The normalized spacial score (nSPS) is 15.0. The van der Waals surface area contributed by atoms with Gasteiger partial charge in [0.2, 0.25) is 17.7 Å². The molecule has 526 valence electrons. The molecule has 5 aromatic rings. The second-order valence-electron chi connectivity index (χ2n) is 23.5. The fourth-order valence-corrected chi connectivity index (χ4v) is 11.8. The van der Waals surface area contributed by atoms with Gasteiger partial charge in [0.1, 0.15) is 31.1 Å². The third kappa shape index (κ3) is 22.3. The second-order valence-corrected chi connectivity index (χ2v) is 23.5. The first-order valence-electron chi connectivity index (χ1n) is 33.3. The van der Waals surface area contributed by atoms with Gasteiger partial charge in [0.25, 0.3) is 5.56 Å². The first-order valence-corrected chi connectivity index (χ1v) is 33.3. The fourth-order valence-electron chi connectivity index (χ4n) is 11.8. The van der Waals surface area contributed by atoms with E-state index in [1.54, 1.807) is 36.6 Å². The Kier molecular flexibility index (Phi) is 30.9. The lowest BCUT2D eigenvalue weighted by Crippen LogP contribution is -2.53. The molecule has 4 heterocycles. The Morgan fingerprint density at radius 3 is 1.96 bits per heavy atom. The zero-order chi connectivity index (χ0) is 68.7. The number of carbonyl (C=O) groups excluding carboxylic acids is 5. The highest BCUT2D eigenvalue weighted by Crippen LogP contribution is 2.45. The highest BCUT2D eigenvalue weighted by atomic mass is 19.1. The number of nitrogens with zero attached hydrogens (tertiary/aromatic N) is 5. The van der Waals surface area contributed by atoms with Gasteiger partial charge in [-0.25, -0.2) is 14.2 Å². The van der Waals surface area contributed by atoms with Crippen molar-refractivity contribution < 1.29 is 80.5 Å². The number of carbonyl (C=O) groups is 5. The van der Waals surface area contributed by atoms with Gasteiger partial charge >= 0.3 is 12.1 Å². The van der Waals surface area contributed by atoms with Gasteiger partial charge in [-0.15, -0.1) is 0 Å². The first kappa shape index (κ1) is 74.8. The molecule has 4 amide bonds. The van der Waals surface area contributed by atoms with Gasteiger partial charge in [0.05, 0.1) is 160 Å². The summed E-state index contributed by atoms with van der Waals surface area (Å²) in [4.78, 5) is 89.9. The van der Waals surface area contributed by atoms with Crippen LogP contribution in [0.4, 0.5) is 14.9 Å². The van der Waals surface area contributed by atoms with Crippen LogP contribution in [0.15, 0.2) is 70.6 Å². The number of ether oxygens (including phenoxy) is 11. The van der Waals surface area contributed by atoms with E-state index < -0.39 is 59.6 Å². The topological polar surface area (TPSA) is 345 Å². The molecule has 3 aliphatic rings. The maximum Gasteiger partial charge on any atom is 0.407 e. The molecule has 6 N–H and O–H groups in total. The van der Waals surface area contributed by atoms with E-state index in [0.717, 1.165) is 27.6 Å². The number of pyridine rings is 2. The maximum atomic E-state index is 15.5. The standard InChI is InChI=1S/C69H91FN10O17/c1-4-49-51-40-60-64-52(42-80(60)67(84)53(51)44-96-68(49)85)63-56(16-14-50-46(3)54(70)41-58(75-64)62(50)63)78-69(86)97-43-48-13-15-55(45(2)38-48)76-65(82)57(12-8-9-18-71)77-66(83)59(39-47-10-6-5-7-11-47)74-61(81)17-20-87-22-24-89-26-28-91-30-32-93-34-36-95-37-35-94-33-31-92-29-27-90-25-23-88-21-19-73-79-72/h5-7,10-11,13,15,38,40-41,49,56-57,59H,4,8-9,12,14,16-37,39,42-44,71H2,1-3H3,(H,74,81)(H,76,82)(H,77,83)(H,78,86)/t49?,56-,57-,59-/m0/s1. The van der Waals surface area contributed by atoms with Crippen molar-refractivity contribution in [2.24, 2.45) is 10.8 Å². The molecule has 28 heteroatoms. The summed E-state index contributed by atoms with van der Waals surface area (Å²) in [7, 11) is 0. The smallest absolute Gasteiger partial charge is 0.407 e. The van der Waals surface area contributed by atoms with E-state index >= 15 is 4.39 Å². The summed E-state index contributed by atoms with van der Waals surface area (Å²) in [5.74, 6) is -2.83. The van der Waals surface area contributed by atoms with Crippen molar-refractivity contribution in [2.45, 2.75) is 116 Å². The van der Waals surface area contributed by atoms with Crippen LogP contribution in [0.5, 0.6) is 0 Å². The zero-order valence-corrected chi connectivity index (χ0v) is 55.6. The number of amides is 4. The van der Waals surface area contributed by atoms with E-state index in [4.69, 9.17) is 68.4 Å². The van der Waals surface area contributed by atoms with Crippen molar-refractivity contribution in [2.75, 3.05) is 137 Å². The van der Waals surface area contributed by atoms with Crippen molar-refractivity contribution in [1.29, 1.82) is 0 Å². The molecule has 0 radical (unpaired) electrons. The predicted molar refractivity (Wildman–Crippen MR) is 355 cm³/mol. The van der Waals surface area contributed by atoms with Gasteiger partial charge in [-0.1, -0.05) is 54.5 Å². The average molecular weight is 1350 g/mol. The molecule has 2 aliphatic heterocycles. The molecular formula is C69H91FN10O17. The van der Waals surface area contributed by atoms with E-state index in [2.05, 4.69) is 31.3 Å². The van der Waals surface area contributed by atoms with Crippen molar-refractivity contribution in [1.82, 2.24) is 25.5 Å². The van der Waals surface area contributed by atoms with Crippen molar-refractivity contribution in [3.63, 3.8) is 0 Å². The van der Waals surface area contributed by atoms with E-state index in [9.17, 15) is 28.8 Å². The average Bonchev–Trinajstić information content (AvgIpc) is 1.61. The van der Waals surface area contributed by atoms with Gasteiger partial charge in [-0.3, -0.25) is 24.0 Å². The van der Waals surface area contributed by atoms with E-state index in [0.29, 0.717) is 195 Å². The number of anilines is 1. The number of benzene rings is 3. The van der Waals surface area contributed by atoms with Crippen LogP contribution in [0.25, 0.3) is 32.7 Å². The summed E-state index contributed by atoms with van der Waals surface area (Å²) < 4.78 is 77.8. The monoisotopic (exact) mass is 1350 g/mol. The number of unbranched alkanes of at least 4 members (excludes halogenated alkanes) is 1. The summed E-state index contributed by atoms with van der Waals surface area (Å²) in [6.07, 6.45) is 2.17. The third-order valence-electron chi connectivity index (χ3n) is 16.8. The second kappa shape index (κ2) is 40.0. The summed E-state index contributed by atoms with van der Waals surface area (Å²) in [5, 5.41) is 15.9. The Hall–Kier alpha value is -7.99. The third-order valence-corrected chi connectivity index (χ3v) is 16.8. The Morgan fingerprint density at radius 2 is 1.36 bits per heavy atom. The van der Waals surface area contributed by atoms with Crippen LogP contribution in [0.3, 0.4) is 0 Å². The molecule has 0 saturated heterocycles. The predicted octanol–water partition coefficient (Wildman–Crippen LogP) is 6.77. The molecule has 1 aliphatic carbocycles. The highest BCUT2D eigenvalue weighted by molar-refractivity contribution is 5.99. The van der Waals surface area contributed by atoms with Gasteiger partial charge < -0.3 is 83.7 Å². The minimum Gasteiger partial charge on any atom is -0.460 e. The molecule has 0 saturated carbocycles. The van der Waals surface area contributed by atoms with Gasteiger partial charge in [0.15, 0.2) is 0 Å². The van der Waals surface area contributed by atoms with Crippen LogP contribution in [0.1, 0.15) is 107 Å². The van der Waals surface area contributed by atoms with Crippen LogP contribution in [0, 0.1) is 19.7 Å². The quantitative estimate of drug-likeness (QED) is 0.00865. The maximum absolute atomic E-state index is 15.5. The summed E-state index contributed by atoms with van der Waals surface area (Å²) >= 11 is 0. The summed E-state index contributed by atoms with van der Waals surface area (Å²) in [6, 6.07) is 15.1. The summed E-state index contributed by atoms with van der Waals surface area (Å²) in [5.41, 5.74) is 21.5. The lowest BCUT2D eigenvalue weighted by Gasteiger charge is -2.29. The number of esters is 1. The van der Waals surface area contributed by atoms with Crippen LogP contribution in [-0.2, 0) is 104 Å². The molecule has 3 aromatic carbocycles. The highest BCUT2D eigenvalue weighted by Gasteiger charge is 2.38. The molecule has 97 heavy (non-hydrogen) atoms. The number of rotatable bonds is 45. The molecular weight excluding hydrogens is 1260 g/mol. The van der Waals surface area contributed by atoms with Crippen molar-refractivity contribution >= 4 is 46.4 Å². The molecule has 0 fully saturated rings. The van der Waals surface area contributed by atoms with Crippen molar-refractivity contribution in [3.05, 3.63) is 137 Å². The first-order chi connectivity index (χ1) is 47.3. The van der Waals surface area contributed by atoms with Gasteiger partial charge in [-0.05, 0) is 116 Å². The number of aryl methyl sites for hydroxylation is 2. The molecule has 4 atom stereocenters. The zero-order valence-electron chi connectivity index (χ0n) is 55.6. The molecule has 8 rings (SSSR count). The van der Waals surface area contributed by atoms with Crippen LogP contribution in [0.2, 0.25) is 0 Å². The molecule has 27 nitrogen and oxygen atoms in total. The number of hydrogen-bond donors (Lipinski definition) is 5. The number of cyclic esters (lactones) is 1. The minimum absolute atomic E-state index is 0.0276. The molecule has 2 aromatic heterocycles. The van der Waals surface area contributed by atoms with Gasteiger partial charge in [-0.2, -0.15) is 0 Å². The Balaban J connectivity index is 0.732. The summed E-state index contributed by atoms with van der Waals surface area (Å²) in [6.45, 7) is 12.8. The number of hydrogen-bond acceptors (Lipinski definition) is 20. The molecule has 0 spiro atoms. The number of aromatic nitrogens is 2. The fraction of sp³-hybridized carbons (Fsp3) is 0.551. The van der Waals surface area contributed by atoms with E-state index in [-0.39, 0.29) is 64.4 Å². The van der Waals surface area contributed by atoms with Crippen LogP contribution in [-0.4, -0.2) is 183 Å². The Bertz CT molecular complexity index is 3540. The SMILES string of the molecule is CCC1C(=O)OCc2c1cc1n(c2=O)Cc2c-1nc1cc(F)c(C)c3c1c2[C@@H](NC(=O)OCc1ccc(NC(=O)[C@H](CCCCN)NC(=O)[C@H](Cc2ccccc2)NC(=O)CCOCCOCCOCCOCCOCCOCCOCCOCCOCCN=[N+]=[N-])c(C)c1)CC3. The van der Waals surface area contributed by atoms with Crippen molar-refractivity contribution in [3.8, 4) is 11.4 Å². The number of halogens is 1. The van der Waals surface area contributed by atoms with E-state index in [1.807, 2.05) is 43.3 Å². The lowest BCUT2D eigenvalue weighted by atomic mass is 9.81. The van der Waals surface area contributed by atoms with Crippen LogP contribution < -0.4 is 32.6 Å². The van der Waals surface area contributed by atoms with E-state index in [1.165, 1.54) is 6.07 Å². The lowest BCUT2D eigenvalue weighted by molar-refractivity contribution is -0.148.